The third-order valence-electron chi connectivity index (χ3n) is 2.66. The molecule has 2 atom stereocenters. The van der Waals surface area contributed by atoms with Gasteiger partial charge in [-0.15, -0.1) is 0 Å². The Balaban J connectivity index is 2.64. The molecular weight excluding hydrogens is 282 g/mol. The van der Waals surface area contributed by atoms with Crippen molar-refractivity contribution in [1.82, 2.24) is 9.66 Å². The number of nitrogens with one attached hydrogen (secondary N) is 1. The third-order valence-corrected chi connectivity index (χ3v) is 2.66. The molecule has 1 heterocycles. The van der Waals surface area contributed by atoms with E-state index in [-0.39, 0.29) is 19.3 Å². The van der Waals surface area contributed by atoms with Crippen LogP contribution < -0.4 is 16.9 Å². The van der Waals surface area contributed by atoms with Crippen molar-refractivity contribution in [2.45, 2.75) is 31.3 Å². The first-order valence-corrected chi connectivity index (χ1v) is 6.08. The van der Waals surface area contributed by atoms with Crippen LogP contribution in [0.3, 0.4) is 0 Å². The highest BCUT2D eigenvalue weighted by molar-refractivity contribution is 5.78. The summed E-state index contributed by atoms with van der Waals surface area (Å²) in [5.41, 5.74) is 13.4. The second kappa shape index (κ2) is 7.24. The SMILES string of the molecule is NC(=O)CC[C@H](Nn1cnc(C[C@H](N)C(=O)O)c1)C(=O)O. The summed E-state index contributed by atoms with van der Waals surface area (Å²) in [6.07, 6.45) is 2.69. The molecule has 116 valence electrons. The van der Waals surface area contributed by atoms with Gasteiger partial charge in [0.15, 0.2) is 0 Å². The molecular formula is C11H17N5O5. The zero-order valence-electron chi connectivity index (χ0n) is 11.1. The average Bonchev–Trinajstić information content (AvgIpc) is 2.81. The zero-order chi connectivity index (χ0) is 16.0. The lowest BCUT2D eigenvalue weighted by atomic mass is 10.1. The predicted molar refractivity (Wildman–Crippen MR) is 70.8 cm³/mol. The van der Waals surface area contributed by atoms with Crippen molar-refractivity contribution in [2.75, 3.05) is 5.43 Å². The Morgan fingerprint density at radius 2 is 2.00 bits per heavy atom. The number of nitrogens with zero attached hydrogens (tertiary/aromatic N) is 2. The van der Waals surface area contributed by atoms with Gasteiger partial charge in [-0.25, -0.2) is 9.78 Å². The lowest BCUT2D eigenvalue weighted by Crippen LogP contribution is -2.35. The molecule has 0 spiro atoms. The molecule has 0 aliphatic carbocycles. The summed E-state index contributed by atoms with van der Waals surface area (Å²) in [7, 11) is 0. The Labute approximate surface area is 119 Å². The van der Waals surface area contributed by atoms with Gasteiger partial charge in [-0.2, -0.15) is 0 Å². The highest BCUT2D eigenvalue weighted by Gasteiger charge is 2.19. The second-order valence-corrected chi connectivity index (χ2v) is 4.45. The number of carboxylic acid groups (broad SMARTS) is 2. The van der Waals surface area contributed by atoms with Gasteiger partial charge in [0, 0.05) is 19.0 Å². The minimum absolute atomic E-state index is 0.0169. The first-order valence-electron chi connectivity index (χ1n) is 6.08. The van der Waals surface area contributed by atoms with Crippen LogP contribution in [-0.4, -0.2) is 49.8 Å². The van der Waals surface area contributed by atoms with E-state index in [0.717, 1.165) is 0 Å². The molecule has 0 saturated heterocycles. The Morgan fingerprint density at radius 1 is 1.33 bits per heavy atom. The van der Waals surface area contributed by atoms with Gasteiger partial charge < -0.3 is 27.1 Å². The van der Waals surface area contributed by atoms with Crippen LogP contribution in [0.2, 0.25) is 0 Å². The summed E-state index contributed by atoms with van der Waals surface area (Å²) in [5.74, 6) is -2.89. The van der Waals surface area contributed by atoms with Crippen LogP contribution in [0.1, 0.15) is 18.5 Å². The lowest BCUT2D eigenvalue weighted by molar-refractivity contribution is -0.139. The number of aliphatic carboxylic acids is 2. The quantitative estimate of drug-likeness (QED) is 0.351. The zero-order valence-corrected chi connectivity index (χ0v) is 11.1. The van der Waals surface area contributed by atoms with Crippen molar-refractivity contribution in [3.8, 4) is 0 Å². The van der Waals surface area contributed by atoms with Gasteiger partial charge in [0.2, 0.25) is 5.91 Å². The molecule has 10 nitrogen and oxygen atoms in total. The van der Waals surface area contributed by atoms with Crippen LogP contribution in [0.5, 0.6) is 0 Å². The molecule has 1 rings (SSSR count). The number of nitrogens with two attached hydrogens (primary N) is 2. The number of carbonyl (C=O) groups is 3. The highest BCUT2D eigenvalue weighted by atomic mass is 16.4. The van der Waals surface area contributed by atoms with E-state index in [1.54, 1.807) is 0 Å². The molecule has 1 amide bonds. The lowest BCUT2D eigenvalue weighted by Gasteiger charge is -2.15. The Morgan fingerprint density at radius 3 is 2.52 bits per heavy atom. The van der Waals surface area contributed by atoms with Gasteiger partial charge in [-0.05, 0) is 6.42 Å². The van der Waals surface area contributed by atoms with Gasteiger partial charge in [0.05, 0.1) is 5.69 Å². The summed E-state index contributed by atoms with van der Waals surface area (Å²) < 4.78 is 1.28. The maximum absolute atomic E-state index is 11.0. The summed E-state index contributed by atoms with van der Waals surface area (Å²) in [5, 5.41) is 17.7. The van der Waals surface area contributed by atoms with E-state index in [1.165, 1.54) is 17.2 Å². The van der Waals surface area contributed by atoms with E-state index in [9.17, 15) is 14.4 Å². The number of carboxylic acids is 2. The molecule has 7 N–H and O–H groups in total. The Bertz CT molecular complexity index is 529. The number of hydrogen-bond acceptors (Lipinski definition) is 6. The third kappa shape index (κ3) is 5.48. The number of carbonyl (C=O) groups excluding carboxylic acids is 1. The van der Waals surface area contributed by atoms with E-state index in [1.807, 2.05) is 0 Å². The van der Waals surface area contributed by atoms with E-state index >= 15 is 0 Å². The summed E-state index contributed by atoms with van der Waals surface area (Å²) in [6.45, 7) is 0. The van der Waals surface area contributed by atoms with Gasteiger partial charge in [-0.1, -0.05) is 0 Å². The number of hydrogen-bond donors (Lipinski definition) is 5. The normalized spacial score (nSPS) is 13.4. The molecule has 0 saturated carbocycles. The fraction of sp³-hybridized carbons (Fsp3) is 0.455. The molecule has 1 aromatic rings. The van der Waals surface area contributed by atoms with Crippen molar-refractivity contribution in [3.63, 3.8) is 0 Å². The summed E-state index contributed by atoms with van der Waals surface area (Å²) in [4.78, 5) is 36.3. The molecule has 0 fully saturated rings. The van der Waals surface area contributed by atoms with Crippen molar-refractivity contribution < 1.29 is 24.6 Å². The number of rotatable bonds is 9. The first-order chi connectivity index (χ1) is 9.79. The minimum Gasteiger partial charge on any atom is -0.480 e. The molecule has 0 bridgehead atoms. The maximum Gasteiger partial charge on any atom is 0.327 e. The van der Waals surface area contributed by atoms with E-state index < -0.39 is 29.9 Å². The monoisotopic (exact) mass is 299 g/mol. The molecule has 1 aromatic heterocycles. The van der Waals surface area contributed by atoms with E-state index in [0.29, 0.717) is 5.69 Å². The van der Waals surface area contributed by atoms with Crippen LogP contribution in [0.25, 0.3) is 0 Å². The summed E-state index contributed by atoms with van der Waals surface area (Å²) >= 11 is 0. The molecule has 0 aliphatic heterocycles. The number of amides is 1. The molecule has 0 unspecified atom stereocenters. The van der Waals surface area contributed by atoms with Crippen molar-refractivity contribution in [1.29, 1.82) is 0 Å². The highest BCUT2D eigenvalue weighted by Crippen LogP contribution is 2.03. The fourth-order valence-corrected chi connectivity index (χ4v) is 1.56. The maximum atomic E-state index is 11.0. The van der Waals surface area contributed by atoms with Crippen LogP contribution >= 0.6 is 0 Å². The van der Waals surface area contributed by atoms with Crippen molar-refractivity contribution >= 4 is 17.8 Å². The Hall–Kier alpha value is -2.62. The molecule has 10 heteroatoms. The van der Waals surface area contributed by atoms with E-state index in [2.05, 4.69) is 10.4 Å². The van der Waals surface area contributed by atoms with Crippen LogP contribution in [0.15, 0.2) is 12.5 Å². The van der Waals surface area contributed by atoms with Gasteiger partial charge in [0.25, 0.3) is 0 Å². The summed E-state index contributed by atoms with van der Waals surface area (Å²) in [6, 6.07) is -2.11. The number of aromatic nitrogens is 2. The van der Waals surface area contributed by atoms with Gasteiger partial charge in [-0.3, -0.25) is 14.3 Å². The largest absolute Gasteiger partial charge is 0.480 e. The molecule has 21 heavy (non-hydrogen) atoms. The van der Waals surface area contributed by atoms with Gasteiger partial charge in [0.1, 0.15) is 18.4 Å². The predicted octanol–water partition coefficient (Wildman–Crippen LogP) is -1.90. The average molecular weight is 299 g/mol. The van der Waals surface area contributed by atoms with Crippen LogP contribution in [-0.2, 0) is 20.8 Å². The molecule has 0 radical (unpaired) electrons. The van der Waals surface area contributed by atoms with E-state index in [4.69, 9.17) is 21.7 Å². The topological polar surface area (TPSA) is 174 Å². The van der Waals surface area contributed by atoms with Crippen molar-refractivity contribution in [3.05, 3.63) is 18.2 Å². The molecule has 0 aromatic carbocycles. The van der Waals surface area contributed by atoms with Crippen LogP contribution in [0.4, 0.5) is 0 Å². The van der Waals surface area contributed by atoms with Gasteiger partial charge >= 0.3 is 11.9 Å². The standard InChI is InChI=1S/C11H17N5O5/c12-7(10(18)19)3-6-4-16(5-14-6)15-8(11(20)21)1-2-9(13)17/h4-5,7-8,15H,1-3,12H2,(H2,13,17)(H,18,19)(H,20,21)/t7-,8-/m0/s1. The Kier molecular flexibility index (Phi) is 5.67. The fourth-order valence-electron chi connectivity index (χ4n) is 1.56. The smallest absolute Gasteiger partial charge is 0.327 e. The first kappa shape index (κ1) is 16.4. The van der Waals surface area contributed by atoms with Crippen molar-refractivity contribution in [2.24, 2.45) is 11.5 Å². The number of primary amides is 1. The second-order valence-electron chi connectivity index (χ2n) is 4.45. The van der Waals surface area contributed by atoms with Crippen LogP contribution in [0, 0.1) is 0 Å². The number of imidazole rings is 1. The molecule has 0 aliphatic rings. The minimum atomic E-state index is -1.15.